The zero-order valence-corrected chi connectivity index (χ0v) is 10.3. The van der Waals surface area contributed by atoms with Gasteiger partial charge in [0.15, 0.2) is 0 Å². The lowest BCUT2D eigenvalue weighted by Gasteiger charge is -2.22. The molecule has 0 aromatic carbocycles. The van der Waals surface area contributed by atoms with Gasteiger partial charge in [0.05, 0.1) is 18.4 Å². The highest BCUT2D eigenvalue weighted by molar-refractivity contribution is 7.98. The van der Waals surface area contributed by atoms with Crippen LogP contribution in [0.2, 0.25) is 0 Å². The molecule has 1 aliphatic heterocycles. The number of nitrogens with one attached hydrogen (secondary N) is 1. The normalized spacial score (nSPS) is 17.6. The quantitative estimate of drug-likeness (QED) is 0.806. The van der Waals surface area contributed by atoms with Crippen molar-refractivity contribution < 1.29 is 4.74 Å². The van der Waals surface area contributed by atoms with E-state index >= 15 is 0 Å². The van der Waals surface area contributed by atoms with E-state index in [0.29, 0.717) is 12.7 Å². The summed E-state index contributed by atoms with van der Waals surface area (Å²) in [5.41, 5.74) is 0.952. The molecule has 0 amide bonds. The maximum Gasteiger partial charge on any atom is 0.120 e. The van der Waals surface area contributed by atoms with Crippen molar-refractivity contribution in [3.8, 4) is 0 Å². The molecule has 1 fully saturated rings. The van der Waals surface area contributed by atoms with Gasteiger partial charge in [0.25, 0.3) is 0 Å². The number of thioether (sulfide) groups is 1. The van der Waals surface area contributed by atoms with Crippen LogP contribution < -0.4 is 5.32 Å². The van der Waals surface area contributed by atoms with Gasteiger partial charge in [0.1, 0.15) is 5.03 Å². The van der Waals surface area contributed by atoms with Crippen LogP contribution in [0.15, 0.2) is 17.4 Å². The molecule has 2 rings (SSSR count). The summed E-state index contributed by atoms with van der Waals surface area (Å²) < 4.78 is 5.86. The Balaban J connectivity index is 1.88. The summed E-state index contributed by atoms with van der Waals surface area (Å²) in [7, 11) is 0. The number of hydrogen-bond acceptors (Lipinski definition) is 5. The minimum absolute atomic E-state index is 0.373. The van der Waals surface area contributed by atoms with Crippen molar-refractivity contribution in [2.24, 2.45) is 0 Å². The summed E-state index contributed by atoms with van der Waals surface area (Å²) in [6, 6.07) is 0. The lowest BCUT2D eigenvalue weighted by molar-refractivity contribution is 0.0182. The van der Waals surface area contributed by atoms with Crippen molar-refractivity contribution in [2.75, 3.05) is 19.3 Å². The van der Waals surface area contributed by atoms with E-state index < -0.39 is 0 Å². The van der Waals surface area contributed by atoms with Crippen LogP contribution >= 0.6 is 11.8 Å². The molecule has 1 aromatic heterocycles. The second-order valence-electron chi connectivity index (χ2n) is 3.77. The average molecular weight is 239 g/mol. The zero-order chi connectivity index (χ0) is 11.2. The van der Waals surface area contributed by atoms with Crippen molar-refractivity contribution in [1.29, 1.82) is 0 Å². The molecule has 0 spiro atoms. The summed E-state index contributed by atoms with van der Waals surface area (Å²) in [5.74, 6) is 0. The third-order valence-electron chi connectivity index (χ3n) is 2.67. The molecule has 0 aliphatic carbocycles. The van der Waals surface area contributed by atoms with E-state index in [1.807, 2.05) is 6.26 Å². The molecular weight excluding hydrogens is 222 g/mol. The van der Waals surface area contributed by atoms with E-state index in [4.69, 9.17) is 4.74 Å². The van der Waals surface area contributed by atoms with Crippen molar-refractivity contribution in [2.45, 2.75) is 30.6 Å². The van der Waals surface area contributed by atoms with Gasteiger partial charge < -0.3 is 10.1 Å². The van der Waals surface area contributed by atoms with E-state index in [0.717, 1.165) is 36.7 Å². The van der Waals surface area contributed by atoms with Gasteiger partial charge in [0, 0.05) is 12.4 Å². The predicted molar refractivity (Wildman–Crippen MR) is 64.5 cm³/mol. The smallest absolute Gasteiger partial charge is 0.120 e. The average Bonchev–Trinajstić information content (AvgIpc) is 2.38. The van der Waals surface area contributed by atoms with Crippen LogP contribution in [0.4, 0.5) is 0 Å². The van der Waals surface area contributed by atoms with E-state index in [1.165, 1.54) is 0 Å². The molecule has 1 saturated heterocycles. The van der Waals surface area contributed by atoms with E-state index in [-0.39, 0.29) is 0 Å². The number of nitrogens with zero attached hydrogens (tertiary/aromatic N) is 2. The Labute approximate surface area is 100 Å². The van der Waals surface area contributed by atoms with Crippen molar-refractivity contribution >= 4 is 11.8 Å². The molecule has 0 saturated carbocycles. The summed E-state index contributed by atoms with van der Waals surface area (Å²) in [6.45, 7) is 2.69. The molecule has 5 heteroatoms. The van der Waals surface area contributed by atoms with Crippen LogP contribution in [0.3, 0.4) is 0 Å². The van der Waals surface area contributed by atoms with Crippen molar-refractivity contribution in [3.05, 3.63) is 18.1 Å². The minimum atomic E-state index is 0.373. The van der Waals surface area contributed by atoms with Gasteiger partial charge in [-0.1, -0.05) is 0 Å². The highest BCUT2D eigenvalue weighted by Crippen LogP contribution is 2.17. The molecule has 1 aliphatic rings. The molecular formula is C11H17N3OS. The predicted octanol–water partition coefficient (Wildman–Crippen LogP) is 1.47. The first kappa shape index (κ1) is 11.8. The van der Waals surface area contributed by atoms with Gasteiger partial charge in [-0.25, -0.2) is 4.98 Å². The fourth-order valence-electron chi connectivity index (χ4n) is 1.78. The number of rotatable bonds is 4. The van der Waals surface area contributed by atoms with Gasteiger partial charge in [0.2, 0.25) is 0 Å². The highest BCUT2D eigenvalue weighted by atomic mass is 32.2. The first-order valence-corrected chi connectivity index (χ1v) is 6.79. The zero-order valence-electron chi connectivity index (χ0n) is 9.48. The lowest BCUT2D eigenvalue weighted by Crippen LogP contribution is -2.32. The van der Waals surface area contributed by atoms with Crippen LogP contribution in [0.1, 0.15) is 18.5 Å². The molecule has 88 valence electrons. The lowest BCUT2D eigenvalue weighted by atomic mass is 10.1. The third-order valence-corrected chi connectivity index (χ3v) is 3.40. The number of aromatic nitrogens is 2. The molecule has 1 N–H and O–H groups in total. The number of hydrogen-bond donors (Lipinski definition) is 1. The second-order valence-corrected chi connectivity index (χ2v) is 4.57. The van der Waals surface area contributed by atoms with Crippen molar-refractivity contribution in [3.63, 3.8) is 0 Å². The molecule has 0 bridgehead atoms. The maximum absolute atomic E-state index is 5.86. The van der Waals surface area contributed by atoms with Gasteiger partial charge in [-0.15, -0.1) is 11.8 Å². The Bertz CT molecular complexity index is 329. The summed E-state index contributed by atoms with van der Waals surface area (Å²) in [5, 5.41) is 4.29. The maximum atomic E-state index is 5.86. The Hall–Kier alpha value is -0.650. The number of piperidine rings is 1. The van der Waals surface area contributed by atoms with Gasteiger partial charge >= 0.3 is 0 Å². The van der Waals surface area contributed by atoms with Gasteiger partial charge in [-0.3, -0.25) is 4.98 Å². The van der Waals surface area contributed by atoms with E-state index in [9.17, 15) is 0 Å². The summed E-state index contributed by atoms with van der Waals surface area (Å²) in [6.07, 6.45) is 8.01. The topological polar surface area (TPSA) is 47.0 Å². The second kappa shape index (κ2) is 6.18. The summed E-state index contributed by atoms with van der Waals surface area (Å²) >= 11 is 1.62. The molecule has 2 heterocycles. The number of ether oxygens (including phenoxy) is 1. The van der Waals surface area contributed by atoms with Crippen LogP contribution in [-0.4, -0.2) is 35.4 Å². The third kappa shape index (κ3) is 3.17. The molecule has 0 radical (unpaired) electrons. The Morgan fingerprint density at radius 1 is 1.38 bits per heavy atom. The van der Waals surface area contributed by atoms with Gasteiger partial charge in [-0.2, -0.15) is 0 Å². The van der Waals surface area contributed by atoms with Crippen LogP contribution in [0, 0.1) is 0 Å². The highest BCUT2D eigenvalue weighted by Gasteiger charge is 2.14. The van der Waals surface area contributed by atoms with Gasteiger partial charge in [-0.05, 0) is 32.2 Å². The van der Waals surface area contributed by atoms with Crippen LogP contribution in [0.25, 0.3) is 0 Å². The monoisotopic (exact) mass is 239 g/mol. The fourth-order valence-corrected chi connectivity index (χ4v) is 2.30. The molecule has 0 unspecified atom stereocenters. The Kier molecular flexibility index (Phi) is 4.56. The summed E-state index contributed by atoms with van der Waals surface area (Å²) in [4.78, 5) is 8.58. The first-order valence-electron chi connectivity index (χ1n) is 5.56. The van der Waals surface area contributed by atoms with Crippen molar-refractivity contribution in [1.82, 2.24) is 15.3 Å². The molecule has 16 heavy (non-hydrogen) atoms. The minimum Gasteiger partial charge on any atom is -0.372 e. The SMILES string of the molecule is CSc1nccnc1COC1CCNCC1. The van der Waals surface area contributed by atoms with Crippen LogP contribution in [0.5, 0.6) is 0 Å². The van der Waals surface area contributed by atoms with E-state index in [2.05, 4.69) is 15.3 Å². The van der Waals surface area contributed by atoms with Crippen LogP contribution in [-0.2, 0) is 11.3 Å². The largest absolute Gasteiger partial charge is 0.372 e. The Morgan fingerprint density at radius 2 is 2.12 bits per heavy atom. The first-order chi connectivity index (χ1) is 7.90. The molecule has 1 aromatic rings. The standard InChI is InChI=1S/C11H17N3OS/c1-16-11-10(13-6-7-14-11)8-15-9-2-4-12-5-3-9/h6-7,9,12H,2-5,8H2,1H3. The molecule has 0 atom stereocenters. The van der Waals surface area contributed by atoms with E-state index in [1.54, 1.807) is 24.2 Å². The fraction of sp³-hybridized carbons (Fsp3) is 0.636. The Morgan fingerprint density at radius 3 is 2.88 bits per heavy atom. The molecule has 4 nitrogen and oxygen atoms in total.